The van der Waals surface area contributed by atoms with E-state index < -0.39 is 33.8 Å². The van der Waals surface area contributed by atoms with Gasteiger partial charge in [-0.2, -0.15) is 0 Å². The van der Waals surface area contributed by atoms with Gasteiger partial charge in [0.15, 0.2) is 0 Å². The third-order valence-corrected chi connectivity index (χ3v) is 4.53. The van der Waals surface area contributed by atoms with Crippen LogP contribution in [0.4, 0.5) is 11.5 Å². The maximum absolute atomic E-state index is 12.7. The highest BCUT2D eigenvalue weighted by Crippen LogP contribution is 2.37. The Morgan fingerprint density at radius 1 is 1.19 bits per heavy atom. The Morgan fingerprint density at radius 3 is 2.63 bits per heavy atom. The molecular formula is C16H8ClN5O5. The fourth-order valence-corrected chi connectivity index (χ4v) is 3.35. The number of anilines is 1. The van der Waals surface area contributed by atoms with Crippen molar-refractivity contribution < 1.29 is 14.5 Å². The molecule has 3 aromatic rings. The van der Waals surface area contributed by atoms with Crippen molar-refractivity contribution >= 4 is 45.7 Å². The Hall–Kier alpha value is -3.79. The van der Waals surface area contributed by atoms with Gasteiger partial charge >= 0.3 is 0 Å². The highest BCUT2D eigenvalue weighted by molar-refractivity contribution is 6.36. The predicted molar refractivity (Wildman–Crippen MR) is 95.2 cm³/mol. The van der Waals surface area contributed by atoms with E-state index in [0.717, 1.165) is 16.7 Å². The van der Waals surface area contributed by atoms with Crippen LogP contribution >= 0.6 is 11.6 Å². The van der Waals surface area contributed by atoms with E-state index >= 15 is 0 Å². The Balaban J connectivity index is 2.21. The lowest BCUT2D eigenvalue weighted by Gasteiger charge is -2.15. The summed E-state index contributed by atoms with van der Waals surface area (Å²) in [5.74, 6) is -1.94. The fraction of sp³-hybridized carbons (Fsp3) is 0. The van der Waals surface area contributed by atoms with Crippen molar-refractivity contribution in [2.75, 3.05) is 5.73 Å². The van der Waals surface area contributed by atoms with Gasteiger partial charge in [0.25, 0.3) is 23.1 Å². The molecule has 3 heterocycles. The molecule has 4 rings (SSSR count). The molecule has 0 saturated heterocycles. The van der Waals surface area contributed by atoms with Crippen LogP contribution in [0.5, 0.6) is 0 Å². The number of amides is 2. The summed E-state index contributed by atoms with van der Waals surface area (Å²) in [7, 11) is 0. The molecule has 0 aliphatic carbocycles. The van der Waals surface area contributed by atoms with E-state index in [1.807, 2.05) is 5.32 Å². The topological polar surface area (TPSA) is 150 Å². The minimum atomic E-state index is -0.813. The molecule has 0 spiro atoms. The number of aromatic nitrogens is 2. The fourth-order valence-electron chi connectivity index (χ4n) is 3.08. The monoisotopic (exact) mass is 385 g/mol. The number of carbonyl (C=O) groups is 2. The summed E-state index contributed by atoms with van der Waals surface area (Å²) in [6.07, 6.45) is 2.73. The molecule has 0 radical (unpaired) electrons. The number of nitro groups is 1. The summed E-state index contributed by atoms with van der Waals surface area (Å²) in [6.45, 7) is 0. The molecule has 2 amide bonds. The molecule has 1 aliphatic rings. The summed E-state index contributed by atoms with van der Waals surface area (Å²) >= 11 is 6.12. The van der Waals surface area contributed by atoms with Crippen LogP contribution in [0.25, 0.3) is 16.5 Å². The van der Waals surface area contributed by atoms with Gasteiger partial charge in [-0.3, -0.25) is 39.4 Å². The number of nitrogen functional groups attached to an aromatic ring is 1. The smallest absolute Gasteiger partial charge is 0.295 e. The van der Waals surface area contributed by atoms with Gasteiger partial charge in [0.2, 0.25) is 0 Å². The van der Waals surface area contributed by atoms with E-state index in [9.17, 15) is 24.5 Å². The summed E-state index contributed by atoms with van der Waals surface area (Å²) in [6, 6.07) is 3.52. The highest BCUT2D eigenvalue weighted by Gasteiger charge is 2.33. The minimum Gasteiger partial charge on any atom is -0.384 e. The first-order valence-corrected chi connectivity index (χ1v) is 7.81. The normalized spacial score (nSPS) is 12.9. The van der Waals surface area contributed by atoms with Crippen molar-refractivity contribution in [3.05, 3.63) is 67.2 Å². The van der Waals surface area contributed by atoms with Crippen molar-refractivity contribution in [2.24, 2.45) is 0 Å². The van der Waals surface area contributed by atoms with Crippen molar-refractivity contribution in [3.8, 4) is 5.69 Å². The van der Waals surface area contributed by atoms with Gasteiger partial charge in [-0.05, 0) is 6.07 Å². The van der Waals surface area contributed by atoms with E-state index in [0.29, 0.717) is 5.39 Å². The van der Waals surface area contributed by atoms with Gasteiger partial charge in [-0.25, -0.2) is 0 Å². The maximum atomic E-state index is 12.7. The standard InChI is InChI=1S/C16H8ClN5O5/c17-9-4-10(22(26)27)13(8-5-19-2-1-6(8)9)21-11(23)3-7-12(14(21)18)16(25)20-15(7)24/h1-5H,18H2,(H,20,24,25). The molecule has 134 valence electrons. The second-order valence-corrected chi connectivity index (χ2v) is 6.09. The molecule has 0 atom stereocenters. The minimum absolute atomic E-state index is 0.0866. The molecule has 3 N–H and O–H groups in total. The molecule has 27 heavy (non-hydrogen) atoms. The molecule has 11 heteroatoms. The highest BCUT2D eigenvalue weighted by atomic mass is 35.5. The van der Waals surface area contributed by atoms with Crippen LogP contribution < -0.4 is 16.6 Å². The molecule has 2 aromatic heterocycles. The lowest BCUT2D eigenvalue weighted by molar-refractivity contribution is -0.384. The molecule has 0 unspecified atom stereocenters. The number of nitrogens with zero attached hydrogens (tertiary/aromatic N) is 3. The predicted octanol–water partition coefficient (Wildman–Crippen LogP) is 1.41. The van der Waals surface area contributed by atoms with Crippen LogP contribution in [-0.4, -0.2) is 26.3 Å². The third kappa shape index (κ3) is 2.27. The SMILES string of the molecule is Nc1c2c(cc(=O)n1-c1c([N+](=O)[O-])cc(Cl)c3ccncc13)C(=O)NC2=O. The number of nitrogens with two attached hydrogens (primary N) is 1. The molecule has 1 aromatic carbocycles. The van der Waals surface area contributed by atoms with Gasteiger partial charge < -0.3 is 5.73 Å². The summed E-state index contributed by atoms with van der Waals surface area (Å²) in [4.78, 5) is 51.3. The summed E-state index contributed by atoms with van der Waals surface area (Å²) in [5.41, 5.74) is 4.08. The summed E-state index contributed by atoms with van der Waals surface area (Å²) < 4.78 is 0.815. The largest absolute Gasteiger partial charge is 0.384 e. The number of rotatable bonds is 2. The summed E-state index contributed by atoms with van der Waals surface area (Å²) in [5, 5.41) is 14.3. The van der Waals surface area contributed by atoms with E-state index in [1.54, 1.807) is 0 Å². The lowest BCUT2D eigenvalue weighted by atomic mass is 10.1. The van der Waals surface area contributed by atoms with Crippen LogP contribution in [0.15, 0.2) is 35.4 Å². The quantitative estimate of drug-likeness (QED) is 0.384. The van der Waals surface area contributed by atoms with Crippen LogP contribution in [0.3, 0.4) is 0 Å². The zero-order valence-electron chi connectivity index (χ0n) is 13.2. The Bertz CT molecular complexity index is 1270. The molecule has 0 saturated carbocycles. The number of halogens is 1. The molecule has 1 aliphatic heterocycles. The van der Waals surface area contributed by atoms with Crippen LogP contribution in [0.1, 0.15) is 20.7 Å². The van der Waals surface area contributed by atoms with Gasteiger partial charge in [0.1, 0.15) is 11.5 Å². The van der Waals surface area contributed by atoms with Crippen molar-refractivity contribution in [1.29, 1.82) is 0 Å². The van der Waals surface area contributed by atoms with Gasteiger partial charge in [0, 0.05) is 35.3 Å². The third-order valence-electron chi connectivity index (χ3n) is 4.21. The first-order valence-electron chi connectivity index (χ1n) is 7.43. The number of fused-ring (bicyclic) bond motifs is 2. The van der Waals surface area contributed by atoms with Crippen LogP contribution in [0.2, 0.25) is 5.02 Å². The van der Waals surface area contributed by atoms with Crippen molar-refractivity contribution in [2.45, 2.75) is 0 Å². The second-order valence-electron chi connectivity index (χ2n) is 5.68. The average molecular weight is 386 g/mol. The van der Waals surface area contributed by atoms with E-state index in [2.05, 4.69) is 4.98 Å². The maximum Gasteiger partial charge on any atom is 0.295 e. The molecule has 0 fully saturated rings. The van der Waals surface area contributed by atoms with Gasteiger partial charge in [-0.1, -0.05) is 11.6 Å². The Kier molecular flexibility index (Phi) is 3.46. The Morgan fingerprint density at radius 2 is 1.93 bits per heavy atom. The second kappa shape index (κ2) is 5.61. The first-order chi connectivity index (χ1) is 12.8. The van der Waals surface area contributed by atoms with E-state index in [-0.39, 0.29) is 27.2 Å². The number of hydrogen-bond donors (Lipinski definition) is 2. The number of imide groups is 1. The molecule has 0 bridgehead atoms. The first kappa shape index (κ1) is 16.7. The van der Waals surface area contributed by atoms with Gasteiger partial charge in [0.05, 0.1) is 21.1 Å². The molecule has 10 nitrogen and oxygen atoms in total. The van der Waals surface area contributed by atoms with Crippen molar-refractivity contribution in [3.63, 3.8) is 0 Å². The number of carbonyl (C=O) groups excluding carboxylic acids is 2. The lowest BCUT2D eigenvalue weighted by Crippen LogP contribution is -2.25. The number of hydrogen-bond acceptors (Lipinski definition) is 7. The zero-order chi connectivity index (χ0) is 19.5. The van der Waals surface area contributed by atoms with Crippen molar-refractivity contribution in [1.82, 2.24) is 14.9 Å². The number of pyridine rings is 2. The average Bonchev–Trinajstić information content (AvgIpc) is 2.90. The molecular weight excluding hydrogens is 378 g/mol. The zero-order valence-corrected chi connectivity index (χ0v) is 14.0. The number of benzene rings is 1. The van der Waals surface area contributed by atoms with Crippen LogP contribution in [0, 0.1) is 10.1 Å². The number of nitro benzene ring substituents is 1. The Labute approximate surface area is 154 Å². The van der Waals surface area contributed by atoms with E-state index in [1.165, 1.54) is 18.5 Å². The van der Waals surface area contributed by atoms with Gasteiger partial charge in [-0.15, -0.1) is 0 Å². The van der Waals surface area contributed by atoms with E-state index in [4.69, 9.17) is 17.3 Å². The van der Waals surface area contributed by atoms with Crippen LogP contribution in [-0.2, 0) is 0 Å². The number of nitrogens with one attached hydrogen (secondary N) is 1.